The zero-order chi connectivity index (χ0) is 14.8. The van der Waals surface area contributed by atoms with E-state index in [-0.39, 0.29) is 17.5 Å². The summed E-state index contributed by atoms with van der Waals surface area (Å²) in [4.78, 5) is 12.6. The fraction of sp³-hybridized carbons (Fsp3) is 0.278. The van der Waals surface area contributed by atoms with Crippen LogP contribution in [-0.4, -0.2) is 12.9 Å². The highest BCUT2D eigenvalue weighted by Crippen LogP contribution is 2.29. The molecule has 0 saturated heterocycles. The number of Topliss-reactive ketones (excluding diaryl/α,β-unsaturated/α-hetero) is 1. The summed E-state index contributed by atoms with van der Waals surface area (Å²) in [6.45, 7) is 0. The third kappa shape index (κ3) is 2.68. The Bertz CT molecular complexity index is 679. The summed E-state index contributed by atoms with van der Waals surface area (Å²) in [5.74, 6) is -0.362. The van der Waals surface area contributed by atoms with Gasteiger partial charge in [-0.05, 0) is 48.6 Å². The number of ether oxygens (including phenoxy) is 1. The van der Waals surface area contributed by atoms with E-state index in [2.05, 4.69) is 12.1 Å². The summed E-state index contributed by atoms with van der Waals surface area (Å²) in [6, 6.07) is 12.6. The lowest BCUT2D eigenvalue weighted by molar-refractivity contribution is 0.0908. The van der Waals surface area contributed by atoms with Gasteiger partial charge in [-0.3, -0.25) is 4.79 Å². The van der Waals surface area contributed by atoms with Gasteiger partial charge in [-0.15, -0.1) is 0 Å². The zero-order valence-corrected chi connectivity index (χ0v) is 11.9. The number of rotatable bonds is 3. The maximum atomic E-state index is 13.7. The molecule has 0 radical (unpaired) electrons. The first kappa shape index (κ1) is 13.8. The number of fused-ring (bicyclic) bond motifs is 1. The number of carbonyl (C=O) groups is 1. The van der Waals surface area contributed by atoms with Crippen LogP contribution in [0.5, 0.6) is 5.75 Å². The number of aryl methyl sites for hydroxylation is 1. The molecule has 0 N–H and O–H groups in total. The monoisotopic (exact) mass is 284 g/mol. The molecule has 2 aromatic rings. The summed E-state index contributed by atoms with van der Waals surface area (Å²) in [7, 11) is 1.41. The Morgan fingerprint density at radius 2 is 1.95 bits per heavy atom. The molecule has 1 aliphatic rings. The Balaban J connectivity index is 1.82. The first-order valence-corrected chi connectivity index (χ1v) is 7.13. The van der Waals surface area contributed by atoms with E-state index in [0.717, 1.165) is 19.3 Å². The third-order valence-electron chi connectivity index (χ3n) is 4.15. The Morgan fingerprint density at radius 1 is 1.19 bits per heavy atom. The van der Waals surface area contributed by atoms with Crippen molar-refractivity contribution in [3.8, 4) is 5.75 Å². The van der Waals surface area contributed by atoms with Crippen LogP contribution in [0.15, 0.2) is 42.5 Å². The standard InChI is InChI=1S/C18H17FO2/c1-21-17-9-8-15(11-16(17)19)18(20)14-7-6-12-4-2-3-5-13(12)10-14/h2-5,8-9,11,14H,6-7,10H2,1H3. The lowest BCUT2D eigenvalue weighted by Gasteiger charge is -2.23. The molecule has 0 spiro atoms. The van der Waals surface area contributed by atoms with Gasteiger partial charge in [0.2, 0.25) is 0 Å². The minimum Gasteiger partial charge on any atom is -0.494 e. The van der Waals surface area contributed by atoms with Crippen molar-refractivity contribution in [2.45, 2.75) is 19.3 Å². The van der Waals surface area contributed by atoms with Crippen LogP contribution in [-0.2, 0) is 12.8 Å². The van der Waals surface area contributed by atoms with Crippen LogP contribution in [0.2, 0.25) is 0 Å². The van der Waals surface area contributed by atoms with Crippen LogP contribution in [0.25, 0.3) is 0 Å². The third-order valence-corrected chi connectivity index (χ3v) is 4.15. The smallest absolute Gasteiger partial charge is 0.166 e. The second kappa shape index (κ2) is 5.68. The first-order valence-electron chi connectivity index (χ1n) is 7.13. The van der Waals surface area contributed by atoms with Gasteiger partial charge in [0.05, 0.1) is 7.11 Å². The molecule has 0 fully saturated rings. The minimum absolute atomic E-state index is 0.0195. The highest BCUT2D eigenvalue weighted by Gasteiger charge is 2.25. The lowest BCUT2D eigenvalue weighted by Crippen LogP contribution is -2.22. The molecule has 2 aromatic carbocycles. The number of hydrogen-bond acceptors (Lipinski definition) is 2. The van der Waals surface area contributed by atoms with E-state index in [1.165, 1.54) is 30.4 Å². The number of carbonyl (C=O) groups excluding carboxylic acids is 1. The second-order valence-corrected chi connectivity index (χ2v) is 5.42. The Kier molecular flexibility index (Phi) is 3.74. The molecule has 1 unspecified atom stereocenters. The van der Waals surface area contributed by atoms with Crippen molar-refractivity contribution in [3.05, 3.63) is 65.0 Å². The number of halogens is 1. The van der Waals surface area contributed by atoms with Crippen LogP contribution in [0, 0.1) is 11.7 Å². The topological polar surface area (TPSA) is 26.3 Å². The molecular weight excluding hydrogens is 267 g/mol. The molecule has 1 aliphatic carbocycles. The predicted octanol–water partition coefficient (Wildman–Crippen LogP) is 3.82. The first-order chi connectivity index (χ1) is 10.2. The average Bonchev–Trinajstić information content (AvgIpc) is 2.53. The van der Waals surface area contributed by atoms with Gasteiger partial charge in [0.1, 0.15) is 0 Å². The van der Waals surface area contributed by atoms with Crippen LogP contribution in [0.3, 0.4) is 0 Å². The van der Waals surface area contributed by atoms with E-state index in [0.29, 0.717) is 5.56 Å². The van der Waals surface area contributed by atoms with Gasteiger partial charge in [-0.2, -0.15) is 0 Å². The van der Waals surface area contributed by atoms with Crippen LogP contribution in [0.4, 0.5) is 4.39 Å². The van der Waals surface area contributed by atoms with Crippen molar-refractivity contribution in [2.24, 2.45) is 5.92 Å². The molecule has 3 heteroatoms. The van der Waals surface area contributed by atoms with E-state index in [1.54, 1.807) is 6.07 Å². The predicted molar refractivity (Wildman–Crippen MR) is 79.2 cm³/mol. The summed E-state index contributed by atoms with van der Waals surface area (Å²) >= 11 is 0. The Labute approximate surface area is 123 Å². The Morgan fingerprint density at radius 3 is 2.67 bits per heavy atom. The van der Waals surface area contributed by atoms with Gasteiger partial charge in [0, 0.05) is 11.5 Å². The normalized spacial score (nSPS) is 17.1. The maximum absolute atomic E-state index is 13.7. The number of ketones is 1. The molecule has 21 heavy (non-hydrogen) atoms. The molecule has 2 nitrogen and oxygen atoms in total. The van der Waals surface area contributed by atoms with E-state index < -0.39 is 5.82 Å². The molecule has 1 atom stereocenters. The largest absolute Gasteiger partial charge is 0.494 e. The minimum atomic E-state index is -0.487. The van der Waals surface area contributed by atoms with Gasteiger partial charge in [-0.25, -0.2) is 4.39 Å². The molecule has 3 rings (SSSR count). The molecular formula is C18H17FO2. The molecule has 0 amide bonds. The fourth-order valence-corrected chi connectivity index (χ4v) is 2.98. The highest BCUT2D eigenvalue weighted by atomic mass is 19.1. The van der Waals surface area contributed by atoms with Crippen LogP contribution >= 0.6 is 0 Å². The van der Waals surface area contributed by atoms with E-state index in [4.69, 9.17) is 4.74 Å². The van der Waals surface area contributed by atoms with Crippen molar-refractivity contribution < 1.29 is 13.9 Å². The number of hydrogen-bond donors (Lipinski definition) is 0. The number of methoxy groups -OCH3 is 1. The molecule has 0 aliphatic heterocycles. The summed E-state index contributed by atoms with van der Waals surface area (Å²) < 4.78 is 18.6. The van der Waals surface area contributed by atoms with Gasteiger partial charge in [-0.1, -0.05) is 24.3 Å². The maximum Gasteiger partial charge on any atom is 0.166 e. The molecule has 0 aromatic heterocycles. The van der Waals surface area contributed by atoms with E-state index in [9.17, 15) is 9.18 Å². The fourth-order valence-electron chi connectivity index (χ4n) is 2.98. The second-order valence-electron chi connectivity index (χ2n) is 5.42. The van der Waals surface area contributed by atoms with Crippen molar-refractivity contribution in [1.82, 2.24) is 0 Å². The van der Waals surface area contributed by atoms with Gasteiger partial charge < -0.3 is 4.74 Å². The summed E-state index contributed by atoms with van der Waals surface area (Å²) in [5, 5.41) is 0. The van der Waals surface area contributed by atoms with E-state index >= 15 is 0 Å². The summed E-state index contributed by atoms with van der Waals surface area (Å²) in [5.41, 5.74) is 2.98. The molecule has 0 bridgehead atoms. The van der Waals surface area contributed by atoms with Gasteiger partial charge in [0.15, 0.2) is 17.3 Å². The van der Waals surface area contributed by atoms with Crippen molar-refractivity contribution in [3.63, 3.8) is 0 Å². The van der Waals surface area contributed by atoms with Gasteiger partial charge >= 0.3 is 0 Å². The number of benzene rings is 2. The SMILES string of the molecule is COc1ccc(C(=O)C2CCc3ccccc3C2)cc1F. The highest BCUT2D eigenvalue weighted by molar-refractivity contribution is 5.98. The van der Waals surface area contributed by atoms with Crippen molar-refractivity contribution in [2.75, 3.05) is 7.11 Å². The van der Waals surface area contributed by atoms with E-state index in [1.807, 2.05) is 12.1 Å². The molecule has 0 heterocycles. The molecule has 108 valence electrons. The molecule has 0 saturated carbocycles. The quantitative estimate of drug-likeness (QED) is 0.801. The average molecular weight is 284 g/mol. The van der Waals surface area contributed by atoms with Gasteiger partial charge in [0.25, 0.3) is 0 Å². The summed E-state index contributed by atoms with van der Waals surface area (Å²) in [6.07, 6.45) is 2.47. The lowest BCUT2D eigenvalue weighted by atomic mass is 9.80. The Hall–Kier alpha value is -2.16. The van der Waals surface area contributed by atoms with Crippen molar-refractivity contribution >= 4 is 5.78 Å². The zero-order valence-electron chi connectivity index (χ0n) is 11.9. The van der Waals surface area contributed by atoms with Crippen LogP contribution in [0.1, 0.15) is 27.9 Å². The van der Waals surface area contributed by atoms with Crippen LogP contribution < -0.4 is 4.74 Å². The van der Waals surface area contributed by atoms with Crippen molar-refractivity contribution in [1.29, 1.82) is 0 Å².